The molecule has 58 valence electrons. The van der Waals surface area contributed by atoms with Gasteiger partial charge in [-0.2, -0.15) is 0 Å². The summed E-state index contributed by atoms with van der Waals surface area (Å²) in [4.78, 5) is 11.6. The summed E-state index contributed by atoms with van der Waals surface area (Å²) in [7, 11) is 0. The summed E-state index contributed by atoms with van der Waals surface area (Å²) in [5.74, 6) is 5.44. The number of ketones is 1. The molecule has 6 atom stereocenters. The minimum absolute atomic E-state index is 0.550. The number of Topliss-reactive ketones (excluding diaryl/α,β-unsaturated/α-hetero) is 1. The van der Waals surface area contributed by atoms with Crippen molar-refractivity contribution in [2.45, 2.75) is 19.3 Å². The van der Waals surface area contributed by atoms with E-state index in [-0.39, 0.29) is 0 Å². The van der Waals surface area contributed by atoms with E-state index >= 15 is 0 Å². The van der Waals surface area contributed by atoms with Crippen molar-refractivity contribution in [2.75, 3.05) is 0 Å². The van der Waals surface area contributed by atoms with Crippen LogP contribution in [0.3, 0.4) is 0 Å². The maximum absolute atomic E-state index is 11.6. The third-order valence-corrected chi connectivity index (χ3v) is 4.98. The van der Waals surface area contributed by atoms with Gasteiger partial charge in [0.25, 0.3) is 0 Å². The first-order valence-electron chi connectivity index (χ1n) is 4.91. The number of carbonyl (C=O) groups excluding carboxylic acids is 1. The quantitative estimate of drug-likeness (QED) is 0.508. The molecule has 4 fully saturated rings. The zero-order valence-corrected chi connectivity index (χ0v) is 6.49. The van der Waals surface area contributed by atoms with Crippen LogP contribution < -0.4 is 0 Å². The van der Waals surface area contributed by atoms with Gasteiger partial charge in [-0.3, -0.25) is 4.79 Å². The smallest absolute Gasteiger partial charge is 0.139 e. The van der Waals surface area contributed by atoms with Crippen molar-refractivity contribution in [3.63, 3.8) is 0 Å². The standard InChI is InChI=1S/C10H12O/c11-10-7-3-6-4-1-2-5(7)8(4)9(6)10/h4-9H,1-3H2/t4-,5-,6-,7+,8+,9-/m1/s1. The SMILES string of the molecule is O=C1[C@@H]2[C@@H]3C[C@H]1[C@H]1CC[C@H]3[C@@H]12. The summed E-state index contributed by atoms with van der Waals surface area (Å²) in [6, 6.07) is 0. The van der Waals surface area contributed by atoms with Crippen LogP contribution in [0.1, 0.15) is 19.3 Å². The van der Waals surface area contributed by atoms with Crippen molar-refractivity contribution in [1.29, 1.82) is 0 Å². The van der Waals surface area contributed by atoms with E-state index in [0.29, 0.717) is 17.6 Å². The van der Waals surface area contributed by atoms with E-state index in [1.807, 2.05) is 0 Å². The number of fused-ring (bicyclic) bond motifs is 3. The first kappa shape index (κ1) is 5.34. The van der Waals surface area contributed by atoms with Gasteiger partial charge in [-0.25, -0.2) is 0 Å². The van der Waals surface area contributed by atoms with Crippen molar-refractivity contribution >= 4 is 5.78 Å². The van der Waals surface area contributed by atoms with Crippen molar-refractivity contribution < 1.29 is 4.79 Å². The van der Waals surface area contributed by atoms with Gasteiger partial charge in [0, 0.05) is 11.8 Å². The van der Waals surface area contributed by atoms with Crippen LogP contribution in [0.2, 0.25) is 0 Å². The van der Waals surface area contributed by atoms with Crippen LogP contribution in [0.25, 0.3) is 0 Å². The number of carbonyl (C=O) groups is 1. The van der Waals surface area contributed by atoms with E-state index < -0.39 is 0 Å². The fourth-order valence-corrected chi connectivity index (χ4v) is 4.76. The highest BCUT2D eigenvalue weighted by Crippen LogP contribution is 2.72. The Morgan fingerprint density at radius 1 is 1.09 bits per heavy atom. The lowest BCUT2D eigenvalue weighted by Gasteiger charge is -2.47. The van der Waals surface area contributed by atoms with Gasteiger partial charge in [0.1, 0.15) is 5.78 Å². The fourth-order valence-electron chi connectivity index (χ4n) is 4.76. The molecule has 0 radical (unpaired) electrons. The van der Waals surface area contributed by atoms with E-state index in [9.17, 15) is 4.79 Å². The maximum Gasteiger partial charge on any atom is 0.139 e. The minimum atomic E-state index is 0.550. The lowest BCUT2D eigenvalue weighted by atomic mass is 9.56. The Hall–Kier alpha value is -0.330. The first-order chi connectivity index (χ1) is 5.38. The molecule has 0 aromatic heterocycles. The van der Waals surface area contributed by atoms with Gasteiger partial charge in [0.15, 0.2) is 0 Å². The Labute approximate surface area is 66.2 Å². The molecule has 1 nitrogen and oxygen atoms in total. The average molecular weight is 148 g/mol. The first-order valence-corrected chi connectivity index (χ1v) is 4.91. The molecule has 1 heteroatoms. The predicted molar refractivity (Wildman–Crippen MR) is 39.8 cm³/mol. The third kappa shape index (κ3) is 0.344. The second kappa shape index (κ2) is 1.30. The molecular weight excluding hydrogens is 136 g/mol. The highest BCUT2D eigenvalue weighted by atomic mass is 16.1. The normalized spacial score (nSPS) is 68.9. The Balaban J connectivity index is 1.94. The van der Waals surface area contributed by atoms with E-state index in [4.69, 9.17) is 0 Å². The molecule has 0 saturated heterocycles. The minimum Gasteiger partial charge on any atom is -0.299 e. The number of hydrogen-bond donors (Lipinski definition) is 0. The van der Waals surface area contributed by atoms with Gasteiger partial charge in [-0.05, 0) is 42.9 Å². The van der Waals surface area contributed by atoms with Gasteiger partial charge in [-0.15, -0.1) is 0 Å². The summed E-state index contributed by atoms with van der Waals surface area (Å²) in [6.45, 7) is 0. The molecule has 0 spiro atoms. The molecule has 0 heterocycles. The van der Waals surface area contributed by atoms with Crippen LogP contribution >= 0.6 is 0 Å². The van der Waals surface area contributed by atoms with Crippen molar-refractivity contribution in [1.82, 2.24) is 0 Å². The molecule has 0 unspecified atom stereocenters. The van der Waals surface area contributed by atoms with Crippen LogP contribution in [0.15, 0.2) is 0 Å². The molecule has 0 N–H and O–H groups in total. The molecule has 4 rings (SSSR count). The Bertz CT molecular complexity index is 250. The number of rotatable bonds is 0. The lowest BCUT2D eigenvalue weighted by Crippen LogP contribution is -2.44. The van der Waals surface area contributed by atoms with Gasteiger partial charge in [0.05, 0.1) is 0 Å². The molecule has 4 saturated carbocycles. The molecule has 11 heavy (non-hydrogen) atoms. The van der Waals surface area contributed by atoms with E-state index in [2.05, 4.69) is 0 Å². The predicted octanol–water partition coefficient (Wildman–Crippen LogP) is 1.48. The summed E-state index contributed by atoms with van der Waals surface area (Å²) in [5, 5.41) is 0. The highest BCUT2D eigenvalue weighted by molar-refractivity contribution is 5.90. The fraction of sp³-hybridized carbons (Fsp3) is 0.900. The van der Waals surface area contributed by atoms with E-state index in [0.717, 1.165) is 23.7 Å². The molecule has 4 aliphatic carbocycles. The monoisotopic (exact) mass is 148 g/mol. The molecule has 4 aliphatic rings. The van der Waals surface area contributed by atoms with Gasteiger partial charge in [-0.1, -0.05) is 0 Å². The second-order valence-electron chi connectivity index (χ2n) is 4.92. The van der Waals surface area contributed by atoms with Crippen molar-refractivity contribution in [2.24, 2.45) is 35.5 Å². The second-order valence-corrected chi connectivity index (χ2v) is 4.92. The van der Waals surface area contributed by atoms with Crippen LogP contribution in [0.5, 0.6) is 0 Å². The Kier molecular flexibility index (Phi) is 0.630. The molecule has 0 aromatic carbocycles. The summed E-state index contributed by atoms with van der Waals surface area (Å²) >= 11 is 0. The maximum atomic E-state index is 11.6. The molecular formula is C10H12O. The van der Waals surface area contributed by atoms with Crippen LogP contribution in [-0.2, 0) is 4.79 Å². The molecule has 0 amide bonds. The zero-order chi connectivity index (χ0) is 7.16. The third-order valence-electron chi connectivity index (χ3n) is 4.98. The molecule has 2 bridgehead atoms. The Morgan fingerprint density at radius 2 is 1.91 bits per heavy atom. The topological polar surface area (TPSA) is 17.1 Å². The van der Waals surface area contributed by atoms with E-state index in [1.165, 1.54) is 19.3 Å². The summed E-state index contributed by atoms with van der Waals surface area (Å²) in [6.07, 6.45) is 4.13. The van der Waals surface area contributed by atoms with Crippen LogP contribution in [0, 0.1) is 35.5 Å². The van der Waals surface area contributed by atoms with Gasteiger partial charge >= 0.3 is 0 Å². The number of hydrogen-bond acceptors (Lipinski definition) is 1. The van der Waals surface area contributed by atoms with Gasteiger partial charge < -0.3 is 0 Å². The van der Waals surface area contributed by atoms with Crippen LogP contribution in [0.4, 0.5) is 0 Å². The molecule has 0 aliphatic heterocycles. The summed E-state index contributed by atoms with van der Waals surface area (Å²) in [5.41, 5.74) is 0. The highest BCUT2D eigenvalue weighted by Gasteiger charge is 2.72. The van der Waals surface area contributed by atoms with Crippen molar-refractivity contribution in [3.05, 3.63) is 0 Å². The van der Waals surface area contributed by atoms with Crippen molar-refractivity contribution in [3.8, 4) is 0 Å². The molecule has 0 aromatic rings. The largest absolute Gasteiger partial charge is 0.299 e. The summed E-state index contributed by atoms with van der Waals surface area (Å²) < 4.78 is 0. The van der Waals surface area contributed by atoms with E-state index in [1.54, 1.807) is 0 Å². The average Bonchev–Trinajstić information content (AvgIpc) is 2.45. The Morgan fingerprint density at radius 3 is 2.64 bits per heavy atom. The van der Waals surface area contributed by atoms with Gasteiger partial charge in [0.2, 0.25) is 0 Å². The lowest BCUT2D eigenvalue weighted by molar-refractivity contribution is -0.125. The van der Waals surface area contributed by atoms with Crippen LogP contribution in [-0.4, -0.2) is 5.78 Å². The zero-order valence-electron chi connectivity index (χ0n) is 6.49.